The van der Waals surface area contributed by atoms with Crippen LogP contribution in [0.1, 0.15) is 17.7 Å². The van der Waals surface area contributed by atoms with Crippen LogP contribution in [0.5, 0.6) is 0 Å². The fraction of sp³-hybridized carbons (Fsp3) is 0.250. The van der Waals surface area contributed by atoms with E-state index in [0.717, 1.165) is 15.7 Å². The Hall–Kier alpha value is -1.69. The van der Waals surface area contributed by atoms with Gasteiger partial charge in [-0.3, -0.25) is 4.79 Å². The summed E-state index contributed by atoms with van der Waals surface area (Å²) in [4.78, 5) is 10.5. The second-order valence-electron chi connectivity index (χ2n) is 3.98. The first-order chi connectivity index (χ1) is 8.56. The zero-order chi connectivity index (χ0) is 13.1. The largest absolute Gasteiger partial charge is 0.481 e. The van der Waals surface area contributed by atoms with Crippen molar-refractivity contribution in [3.8, 4) is 5.69 Å². The molecular weight excluding hydrogens is 298 g/mol. The number of carboxylic acids is 1. The molecular formula is C12H12BrN3O2. The summed E-state index contributed by atoms with van der Waals surface area (Å²) in [5, 5.41) is 16.6. The normalized spacial score (nSPS) is 10.6. The summed E-state index contributed by atoms with van der Waals surface area (Å²) < 4.78 is 2.63. The Kier molecular flexibility index (Phi) is 3.76. The molecule has 0 atom stereocenters. The van der Waals surface area contributed by atoms with E-state index in [1.165, 1.54) is 0 Å². The fourth-order valence-electron chi connectivity index (χ4n) is 1.60. The van der Waals surface area contributed by atoms with Gasteiger partial charge in [0.1, 0.15) is 0 Å². The molecule has 0 unspecified atom stereocenters. The first-order valence-electron chi connectivity index (χ1n) is 5.46. The van der Waals surface area contributed by atoms with Gasteiger partial charge in [-0.15, -0.1) is 5.10 Å². The van der Waals surface area contributed by atoms with Crippen molar-refractivity contribution in [2.75, 3.05) is 0 Å². The van der Waals surface area contributed by atoms with Crippen LogP contribution >= 0.6 is 15.9 Å². The van der Waals surface area contributed by atoms with Gasteiger partial charge in [-0.1, -0.05) is 27.2 Å². The molecule has 0 spiro atoms. The van der Waals surface area contributed by atoms with Crippen molar-refractivity contribution >= 4 is 21.9 Å². The zero-order valence-electron chi connectivity index (χ0n) is 9.80. The minimum absolute atomic E-state index is 0.0656. The van der Waals surface area contributed by atoms with Crippen molar-refractivity contribution in [2.45, 2.75) is 19.8 Å². The van der Waals surface area contributed by atoms with Gasteiger partial charge in [-0.2, -0.15) is 0 Å². The van der Waals surface area contributed by atoms with E-state index in [0.29, 0.717) is 12.1 Å². The number of hydrogen-bond donors (Lipinski definition) is 1. The molecule has 1 aromatic carbocycles. The van der Waals surface area contributed by atoms with Crippen molar-refractivity contribution in [3.63, 3.8) is 0 Å². The third kappa shape index (κ3) is 2.95. The van der Waals surface area contributed by atoms with E-state index in [9.17, 15) is 4.79 Å². The molecule has 6 heteroatoms. The topological polar surface area (TPSA) is 68.0 Å². The molecule has 0 aliphatic carbocycles. The number of aliphatic carboxylic acids is 1. The summed E-state index contributed by atoms with van der Waals surface area (Å²) in [5.41, 5.74) is 2.68. The molecule has 0 bridgehead atoms. The smallest absolute Gasteiger partial charge is 0.303 e. The molecule has 0 aliphatic heterocycles. The van der Waals surface area contributed by atoms with Gasteiger partial charge in [0, 0.05) is 10.9 Å². The lowest BCUT2D eigenvalue weighted by molar-refractivity contribution is -0.136. The lowest BCUT2D eigenvalue weighted by Gasteiger charge is -2.04. The summed E-state index contributed by atoms with van der Waals surface area (Å²) in [6.07, 6.45) is 2.22. The molecule has 0 amide bonds. The van der Waals surface area contributed by atoms with Crippen LogP contribution in [-0.4, -0.2) is 26.1 Å². The van der Waals surface area contributed by atoms with Crippen LogP contribution in [0, 0.1) is 6.92 Å². The van der Waals surface area contributed by atoms with Crippen LogP contribution in [0.4, 0.5) is 0 Å². The van der Waals surface area contributed by atoms with E-state index < -0.39 is 5.97 Å². The highest BCUT2D eigenvalue weighted by atomic mass is 79.9. The standard InChI is InChI=1S/C12H12BrN3O2/c1-8-2-3-9(13)6-11(8)16-7-10(14-15-16)4-5-12(17)18/h2-3,6-7H,4-5H2,1H3,(H,17,18). The van der Waals surface area contributed by atoms with Crippen molar-refractivity contribution in [3.05, 3.63) is 40.1 Å². The molecule has 1 N–H and O–H groups in total. The van der Waals surface area contributed by atoms with E-state index in [4.69, 9.17) is 5.11 Å². The number of carbonyl (C=O) groups is 1. The Balaban J connectivity index is 2.23. The number of rotatable bonds is 4. The van der Waals surface area contributed by atoms with Crippen LogP contribution in [0.25, 0.3) is 5.69 Å². The van der Waals surface area contributed by atoms with Crippen molar-refractivity contribution < 1.29 is 9.90 Å². The van der Waals surface area contributed by atoms with Gasteiger partial charge >= 0.3 is 5.97 Å². The minimum atomic E-state index is -0.830. The number of carboxylic acid groups (broad SMARTS) is 1. The summed E-state index contributed by atoms with van der Waals surface area (Å²) in [6.45, 7) is 1.99. The first kappa shape index (κ1) is 12.8. The Bertz CT molecular complexity index is 580. The van der Waals surface area contributed by atoms with Gasteiger partial charge in [0.05, 0.1) is 24.0 Å². The van der Waals surface area contributed by atoms with Crippen LogP contribution in [0.2, 0.25) is 0 Å². The van der Waals surface area contributed by atoms with Crippen LogP contribution in [-0.2, 0) is 11.2 Å². The highest BCUT2D eigenvalue weighted by Crippen LogP contribution is 2.19. The molecule has 94 valence electrons. The maximum atomic E-state index is 10.5. The number of aryl methyl sites for hydroxylation is 2. The number of benzene rings is 1. The predicted molar refractivity (Wildman–Crippen MR) is 69.8 cm³/mol. The molecule has 0 saturated heterocycles. The average molecular weight is 310 g/mol. The monoisotopic (exact) mass is 309 g/mol. The van der Waals surface area contributed by atoms with E-state index in [2.05, 4.69) is 26.2 Å². The van der Waals surface area contributed by atoms with E-state index in [1.54, 1.807) is 10.9 Å². The Labute approximate surface area is 113 Å². The third-order valence-electron chi connectivity index (χ3n) is 2.55. The van der Waals surface area contributed by atoms with Crippen molar-refractivity contribution in [1.29, 1.82) is 0 Å². The zero-order valence-corrected chi connectivity index (χ0v) is 11.4. The molecule has 2 aromatic rings. The van der Waals surface area contributed by atoms with Crippen LogP contribution in [0.3, 0.4) is 0 Å². The summed E-state index contributed by atoms with van der Waals surface area (Å²) in [5.74, 6) is -0.830. The number of halogens is 1. The van der Waals surface area contributed by atoms with Gasteiger partial charge < -0.3 is 5.11 Å². The second-order valence-corrected chi connectivity index (χ2v) is 4.89. The number of hydrogen-bond acceptors (Lipinski definition) is 3. The Morgan fingerprint density at radius 2 is 2.28 bits per heavy atom. The van der Waals surface area contributed by atoms with Crippen LogP contribution in [0.15, 0.2) is 28.9 Å². The summed E-state index contributed by atoms with van der Waals surface area (Å²) >= 11 is 3.41. The molecule has 0 aliphatic rings. The van der Waals surface area contributed by atoms with Crippen LogP contribution < -0.4 is 0 Å². The lowest BCUT2D eigenvalue weighted by Crippen LogP contribution is -1.98. The second kappa shape index (κ2) is 5.30. The Morgan fingerprint density at radius 3 is 3.00 bits per heavy atom. The predicted octanol–water partition coefficient (Wildman–Crippen LogP) is 2.36. The Morgan fingerprint density at radius 1 is 1.50 bits per heavy atom. The van der Waals surface area contributed by atoms with Crippen molar-refractivity contribution in [1.82, 2.24) is 15.0 Å². The SMILES string of the molecule is Cc1ccc(Br)cc1-n1cc(CCC(=O)O)nn1. The molecule has 1 aromatic heterocycles. The molecule has 1 heterocycles. The van der Waals surface area contributed by atoms with E-state index in [1.807, 2.05) is 25.1 Å². The fourth-order valence-corrected chi connectivity index (χ4v) is 1.94. The number of aromatic nitrogens is 3. The van der Waals surface area contributed by atoms with E-state index >= 15 is 0 Å². The number of nitrogens with zero attached hydrogens (tertiary/aromatic N) is 3. The molecule has 0 fully saturated rings. The maximum absolute atomic E-state index is 10.5. The summed E-state index contributed by atoms with van der Waals surface area (Å²) in [7, 11) is 0. The quantitative estimate of drug-likeness (QED) is 0.941. The highest BCUT2D eigenvalue weighted by molar-refractivity contribution is 9.10. The maximum Gasteiger partial charge on any atom is 0.303 e. The molecule has 5 nitrogen and oxygen atoms in total. The molecule has 2 rings (SSSR count). The first-order valence-corrected chi connectivity index (χ1v) is 6.25. The van der Waals surface area contributed by atoms with Crippen molar-refractivity contribution in [2.24, 2.45) is 0 Å². The van der Waals surface area contributed by atoms with Gasteiger partial charge in [0.25, 0.3) is 0 Å². The average Bonchev–Trinajstić information content (AvgIpc) is 2.78. The van der Waals surface area contributed by atoms with Gasteiger partial charge in [-0.25, -0.2) is 4.68 Å². The van der Waals surface area contributed by atoms with E-state index in [-0.39, 0.29) is 6.42 Å². The summed E-state index contributed by atoms with van der Waals surface area (Å²) in [6, 6.07) is 5.89. The van der Waals surface area contributed by atoms with Gasteiger partial charge in [-0.05, 0) is 24.6 Å². The van der Waals surface area contributed by atoms with Gasteiger partial charge in [0.15, 0.2) is 0 Å². The molecule has 0 radical (unpaired) electrons. The molecule has 18 heavy (non-hydrogen) atoms. The molecule has 0 saturated carbocycles. The third-order valence-corrected chi connectivity index (χ3v) is 3.05. The minimum Gasteiger partial charge on any atom is -0.481 e. The highest BCUT2D eigenvalue weighted by Gasteiger charge is 2.07. The lowest BCUT2D eigenvalue weighted by atomic mass is 10.2. The van der Waals surface area contributed by atoms with Gasteiger partial charge in [0.2, 0.25) is 0 Å².